The van der Waals surface area contributed by atoms with Gasteiger partial charge in [0.1, 0.15) is 0 Å². The molecule has 0 radical (unpaired) electrons. The lowest BCUT2D eigenvalue weighted by Gasteiger charge is -2.21. The molecular formula is C14H19N3OS. The van der Waals surface area contributed by atoms with Crippen LogP contribution in [0.5, 0.6) is 0 Å². The van der Waals surface area contributed by atoms with Crippen molar-refractivity contribution in [1.29, 1.82) is 0 Å². The molecule has 5 heteroatoms. The van der Waals surface area contributed by atoms with E-state index in [0.29, 0.717) is 11.8 Å². The van der Waals surface area contributed by atoms with Gasteiger partial charge in [0.05, 0.1) is 5.00 Å². The summed E-state index contributed by atoms with van der Waals surface area (Å²) in [4.78, 5) is 16.8. The highest BCUT2D eigenvalue weighted by Crippen LogP contribution is 2.37. The van der Waals surface area contributed by atoms with Crippen molar-refractivity contribution in [3.63, 3.8) is 0 Å². The molecule has 2 saturated heterocycles. The summed E-state index contributed by atoms with van der Waals surface area (Å²) in [7, 11) is 0. The fourth-order valence-corrected chi connectivity index (χ4v) is 4.07. The van der Waals surface area contributed by atoms with E-state index in [1.807, 2.05) is 22.4 Å². The number of amides is 2. The quantitative estimate of drug-likeness (QED) is 0.900. The van der Waals surface area contributed by atoms with E-state index in [4.69, 9.17) is 0 Å². The van der Waals surface area contributed by atoms with E-state index in [1.165, 1.54) is 25.9 Å². The molecule has 102 valence electrons. The van der Waals surface area contributed by atoms with Gasteiger partial charge in [-0.25, -0.2) is 4.79 Å². The van der Waals surface area contributed by atoms with Crippen LogP contribution in [0, 0.1) is 11.8 Å². The van der Waals surface area contributed by atoms with Crippen LogP contribution in [0.3, 0.4) is 0 Å². The van der Waals surface area contributed by atoms with Gasteiger partial charge in [-0.15, -0.1) is 11.3 Å². The Bertz CT molecular complexity index is 457. The summed E-state index contributed by atoms with van der Waals surface area (Å²) in [6.07, 6.45) is 2.78. The summed E-state index contributed by atoms with van der Waals surface area (Å²) >= 11 is 1.58. The lowest BCUT2D eigenvalue weighted by Crippen LogP contribution is -2.36. The number of carbonyl (C=O) groups excluding carboxylic acids is 1. The molecule has 1 aliphatic carbocycles. The molecule has 3 heterocycles. The number of nitrogens with zero attached hydrogens (tertiary/aromatic N) is 2. The maximum atomic E-state index is 12.2. The van der Waals surface area contributed by atoms with Crippen LogP contribution in [0.1, 0.15) is 12.8 Å². The van der Waals surface area contributed by atoms with Crippen molar-refractivity contribution < 1.29 is 4.79 Å². The van der Waals surface area contributed by atoms with Gasteiger partial charge in [0.25, 0.3) is 0 Å². The van der Waals surface area contributed by atoms with Gasteiger partial charge in [-0.2, -0.15) is 0 Å². The number of hydrogen-bond acceptors (Lipinski definition) is 3. The zero-order valence-electron chi connectivity index (χ0n) is 10.9. The van der Waals surface area contributed by atoms with Crippen LogP contribution in [0.25, 0.3) is 0 Å². The number of anilines is 1. The van der Waals surface area contributed by atoms with Crippen LogP contribution in [-0.2, 0) is 0 Å². The van der Waals surface area contributed by atoms with E-state index >= 15 is 0 Å². The predicted octanol–water partition coefficient (Wildman–Crippen LogP) is 2.31. The minimum Gasteiger partial charge on any atom is -0.324 e. The summed E-state index contributed by atoms with van der Waals surface area (Å²) in [5, 5.41) is 5.93. The first-order valence-corrected chi connectivity index (χ1v) is 8.01. The molecule has 2 unspecified atom stereocenters. The third kappa shape index (κ3) is 2.25. The summed E-state index contributed by atoms with van der Waals surface area (Å²) in [6, 6.07) is 4.87. The van der Waals surface area contributed by atoms with Gasteiger partial charge in [0, 0.05) is 32.2 Å². The van der Waals surface area contributed by atoms with E-state index in [-0.39, 0.29) is 6.03 Å². The molecule has 2 atom stereocenters. The molecule has 1 N–H and O–H groups in total. The lowest BCUT2D eigenvalue weighted by atomic mass is 10.0. The second-order valence-corrected chi connectivity index (χ2v) is 6.97. The second kappa shape index (κ2) is 4.49. The van der Waals surface area contributed by atoms with Crippen molar-refractivity contribution in [2.24, 2.45) is 11.8 Å². The number of hydrogen-bond donors (Lipinski definition) is 1. The van der Waals surface area contributed by atoms with Crippen LogP contribution in [0.2, 0.25) is 0 Å². The Balaban J connectivity index is 1.34. The van der Waals surface area contributed by atoms with E-state index in [2.05, 4.69) is 10.2 Å². The highest BCUT2D eigenvalue weighted by Gasteiger charge is 2.45. The molecule has 3 fully saturated rings. The SMILES string of the molecule is O=C(Nc1cccs1)N1CC2CN(C3CC3)CC2C1. The third-order valence-electron chi connectivity index (χ3n) is 4.62. The molecule has 4 rings (SSSR count). The number of carbonyl (C=O) groups is 1. The van der Waals surface area contributed by atoms with Crippen molar-refractivity contribution in [3.05, 3.63) is 17.5 Å². The molecule has 1 aromatic rings. The van der Waals surface area contributed by atoms with Gasteiger partial charge in [-0.05, 0) is 42.2 Å². The van der Waals surface area contributed by atoms with Crippen LogP contribution in [-0.4, -0.2) is 48.1 Å². The molecule has 2 aliphatic heterocycles. The maximum absolute atomic E-state index is 12.2. The number of thiophene rings is 1. The predicted molar refractivity (Wildman–Crippen MR) is 76.5 cm³/mol. The van der Waals surface area contributed by atoms with Gasteiger partial charge >= 0.3 is 6.03 Å². The normalized spacial score (nSPS) is 30.6. The summed E-state index contributed by atoms with van der Waals surface area (Å²) in [6.45, 7) is 4.28. The van der Waals surface area contributed by atoms with Crippen LogP contribution >= 0.6 is 11.3 Å². The van der Waals surface area contributed by atoms with Crippen molar-refractivity contribution in [3.8, 4) is 0 Å². The first-order chi connectivity index (χ1) is 9.29. The molecule has 19 heavy (non-hydrogen) atoms. The average Bonchev–Trinajstić information content (AvgIpc) is 2.82. The van der Waals surface area contributed by atoms with Gasteiger partial charge in [0.2, 0.25) is 0 Å². The first kappa shape index (κ1) is 11.7. The fraction of sp³-hybridized carbons (Fsp3) is 0.643. The van der Waals surface area contributed by atoms with E-state index < -0.39 is 0 Å². The first-order valence-electron chi connectivity index (χ1n) is 7.13. The highest BCUT2D eigenvalue weighted by atomic mass is 32.1. The number of rotatable bonds is 2. The van der Waals surface area contributed by atoms with Crippen LogP contribution in [0.15, 0.2) is 17.5 Å². The number of likely N-dealkylation sites (tertiary alicyclic amines) is 2. The number of nitrogens with one attached hydrogen (secondary N) is 1. The second-order valence-electron chi connectivity index (χ2n) is 6.02. The van der Waals surface area contributed by atoms with E-state index in [1.54, 1.807) is 11.3 Å². The Kier molecular flexibility index (Phi) is 2.77. The minimum absolute atomic E-state index is 0.0785. The highest BCUT2D eigenvalue weighted by molar-refractivity contribution is 7.14. The summed E-state index contributed by atoms with van der Waals surface area (Å²) in [5.74, 6) is 1.41. The average molecular weight is 277 g/mol. The summed E-state index contributed by atoms with van der Waals surface area (Å²) in [5.41, 5.74) is 0. The van der Waals surface area contributed by atoms with Crippen LogP contribution in [0.4, 0.5) is 9.80 Å². The molecular weight excluding hydrogens is 258 g/mol. The van der Waals surface area contributed by atoms with Gasteiger partial charge in [-0.3, -0.25) is 10.2 Å². The molecule has 0 spiro atoms. The lowest BCUT2D eigenvalue weighted by molar-refractivity contribution is 0.212. The Morgan fingerprint density at radius 1 is 1.21 bits per heavy atom. The van der Waals surface area contributed by atoms with Gasteiger partial charge < -0.3 is 4.90 Å². The zero-order chi connectivity index (χ0) is 12.8. The van der Waals surface area contributed by atoms with Crippen molar-refractivity contribution in [2.45, 2.75) is 18.9 Å². The minimum atomic E-state index is 0.0785. The standard InChI is InChI=1S/C14H19N3OS/c18-14(15-13-2-1-5-19-13)17-8-10-6-16(12-3-4-12)7-11(10)9-17/h1-2,5,10-12H,3-4,6-9H2,(H,15,18). The van der Waals surface area contributed by atoms with E-state index in [9.17, 15) is 4.79 Å². The number of fused-ring (bicyclic) bond motifs is 1. The monoisotopic (exact) mass is 277 g/mol. The van der Waals surface area contributed by atoms with Crippen LogP contribution < -0.4 is 5.32 Å². The van der Waals surface area contributed by atoms with Crippen molar-refractivity contribution >= 4 is 22.4 Å². The van der Waals surface area contributed by atoms with Crippen molar-refractivity contribution in [2.75, 3.05) is 31.5 Å². The largest absolute Gasteiger partial charge is 0.324 e. The molecule has 1 saturated carbocycles. The number of urea groups is 1. The zero-order valence-corrected chi connectivity index (χ0v) is 11.7. The molecule has 1 aromatic heterocycles. The molecule has 0 bridgehead atoms. The maximum Gasteiger partial charge on any atom is 0.322 e. The Labute approximate surface area is 117 Å². The van der Waals surface area contributed by atoms with Gasteiger partial charge in [-0.1, -0.05) is 0 Å². The fourth-order valence-electron chi connectivity index (χ4n) is 3.47. The Morgan fingerprint density at radius 2 is 1.95 bits per heavy atom. The van der Waals surface area contributed by atoms with E-state index in [0.717, 1.165) is 24.1 Å². The molecule has 0 aromatic carbocycles. The Hall–Kier alpha value is -1.07. The molecule has 2 amide bonds. The molecule has 4 nitrogen and oxygen atoms in total. The molecule has 3 aliphatic rings. The van der Waals surface area contributed by atoms with Gasteiger partial charge in [0.15, 0.2) is 0 Å². The topological polar surface area (TPSA) is 35.6 Å². The van der Waals surface area contributed by atoms with Crippen molar-refractivity contribution in [1.82, 2.24) is 9.80 Å². The third-order valence-corrected chi connectivity index (χ3v) is 5.40. The smallest absolute Gasteiger partial charge is 0.322 e. The summed E-state index contributed by atoms with van der Waals surface area (Å²) < 4.78 is 0. The Morgan fingerprint density at radius 3 is 2.53 bits per heavy atom.